The first kappa shape index (κ1) is 11.9. The van der Waals surface area contributed by atoms with Crippen LogP contribution in [0, 0.1) is 0 Å². The van der Waals surface area contributed by atoms with E-state index in [4.69, 9.17) is 0 Å². The maximum absolute atomic E-state index is 3.57. The van der Waals surface area contributed by atoms with Crippen molar-refractivity contribution in [3.8, 4) is 0 Å². The van der Waals surface area contributed by atoms with Crippen LogP contribution in [-0.4, -0.2) is 6.54 Å². The second kappa shape index (κ2) is 5.68. The van der Waals surface area contributed by atoms with Crippen LogP contribution in [0.25, 0.3) is 10.1 Å². The van der Waals surface area contributed by atoms with Crippen LogP contribution < -0.4 is 5.32 Å². The zero-order chi connectivity index (χ0) is 12.2. The van der Waals surface area contributed by atoms with Gasteiger partial charge in [-0.2, -0.15) is 0 Å². The van der Waals surface area contributed by atoms with E-state index in [1.165, 1.54) is 41.3 Å². The predicted molar refractivity (Wildman–Crippen MR) is 80.1 cm³/mol. The number of hydrogen-bond acceptors (Lipinski definition) is 2. The lowest BCUT2D eigenvalue weighted by molar-refractivity contribution is 0.679. The molecule has 0 bridgehead atoms. The van der Waals surface area contributed by atoms with Crippen LogP contribution in [0.2, 0.25) is 0 Å². The Morgan fingerprint density at radius 1 is 1.22 bits per heavy atom. The van der Waals surface area contributed by atoms with Gasteiger partial charge in [0.15, 0.2) is 0 Å². The Bertz CT molecular complexity index is 553. The molecule has 0 saturated carbocycles. The third-order valence-corrected chi connectivity index (χ3v) is 4.65. The van der Waals surface area contributed by atoms with Crippen molar-refractivity contribution in [1.82, 2.24) is 5.32 Å². The highest BCUT2D eigenvalue weighted by Gasteiger charge is 2.05. The fourth-order valence-electron chi connectivity index (χ4n) is 2.61. The number of thiophene rings is 1. The molecule has 0 amide bonds. The molecule has 0 unspecified atom stereocenters. The fourth-order valence-corrected chi connectivity index (χ4v) is 3.57. The van der Waals surface area contributed by atoms with Crippen molar-refractivity contribution in [2.45, 2.75) is 32.2 Å². The van der Waals surface area contributed by atoms with Crippen molar-refractivity contribution < 1.29 is 0 Å². The summed E-state index contributed by atoms with van der Waals surface area (Å²) in [5, 5.41) is 7.27. The van der Waals surface area contributed by atoms with Gasteiger partial charge in [0.1, 0.15) is 0 Å². The summed E-state index contributed by atoms with van der Waals surface area (Å²) < 4.78 is 1.40. The summed E-state index contributed by atoms with van der Waals surface area (Å²) in [7, 11) is 0. The molecule has 3 rings (SSSR count). The van der Waals surface area contributed by atoms with Gasteiger partial charge in [0.05, 0.1) is 0 Å². The Morgan fingerprint density at radius 2 is 2.17 bits per heavy atom. The van der Waals surface area contributed by atoms with E-state index in [9.17, 15) is 0 Å². The molecule has 0 atom stereocenters. The normalized spacial score (nSPS) is 15.2. The molecule has 1 aromatic carbocycles. The molecule has 94 valence electrons. The van der Waals surface area contributed by atoms with Gasteiger partial charge in [-0.1, -0.05) is 29.8 Å². The first-order valence-corrected chi connectivity index (χ1v) is 7.65. The van der Waals surface area contributed by atoms with Crippen LogP contribution >= 0.6 is 11.3 Å². The van der Waals surface area contributed by atoms with Crippen LogP contribution in [0.15, 0.2) is 41.3 Å². The molecule has 1 nitrogen and oxygen atoms in total. The first-order chi connectivity index (χ1) is 8.93. The Kier molecular flexibility index (Phi) is 3.77. The first-order valence-electron chi connectivity index (χ1n) is 6.77. The number of allylic oxidation sites excluding steroid dienone is 1. The van der Waals surface area contributed by atoms with Crippen LogP contribution in [0.4, 0.5) is 0 Å². The summed E-state index contributed by atoms with van der Waals surface area (Å²) in [4.78, 5) is 0. The Balaban J connectivity index is 1.53. The average molecular weight is 257 g/mol. The van der Waals surface area contributed by atoms with Crippen molar-refractivity contribution >= 4 is 21.4 Å². The Hall–Kier alpha value is -1.12. The minimum atomic E-state index is 0.997. The van der Waals surface area contributed by atoms with E-state index in [0.717, 1.165) is 13.1 Å². The summed E-state index contributed by atoms with van der Waals surface area (Å²) in [6.07, 6.45) is 7.63. The maximum atomic E-state index is 3.57. The third kappa shape index (κ3) is 2.65. The van der Waals surface area contributed by atoms with Gasteiger partial charge in [-0.3, -0.25) is 0 Å². The highest BCUT2D eigenvalue weighted by molar-refractivity contribution is 7.17. The molecule has 2 heteroatoms. The molecular formula is C16H19NS. The third-order valence-electron chi connectivity index (χ3n) is 3.63. The lowest BCUT2D eigenvalue weighted by atomic mass is 10.1. The smallest absolute Gasteiger partial charge is 0.0346 e. The lowest BCUT2D eigenvalue weighted by Gasteiger charge is -2.05. The van der Waals surface area contributed by atoms with Crippen LogP contribution in [0.3, 0.4) is 0 Å². The van der Waals surface area contributed by atoms with E-state index >= 15 is 0 Å². The minimum Gasteiger partial charge on any atom is -0.312 e. The van der Waals surface area contributed by atoms with E-state index in [2.05, 4.69) is 41.0 Å². The Labute approximate surface area is 113 Å². The SMILES string of the molecule is C1=C(CCNCc2csc3ccccc23)CCC1. The lowest BCUT2D eigenvalue weighted by Crippen LogP contribution is -2.14. The highest BCUT2D eigenvalue weighted by atomic mass is 32.1. The second-order valence-electron chi connectivity index (χ2n) is 4.94. The van der Waals surface area contributed by atoms with Gasteiger partial charge in [-0.15, -0.1) is 11.3 Å². The number of hydrogen-bond donors (Lipinski definition) is 1. The van der Waals surface area contributed by atoms with Gasteiger partial charge in [0.2, 0.25) is 0 Å². The number of benzene rings is 1. The monoisotopic (exact) mass is 257 g/mol. The van der Waals surface area contributed by atoms with Gasteiger partial charge in [0.25, 0.3) is 0 Å². The molecule has 0 saturated heterocycles. The summed E-state index contributed by atoms with van der Waals surface area (Å²) in [5.74, 6) is 0. The molecule has 1 aromatic heterocycles. The molecule has 18 heavy (non-hydrogen) atoms. The zero-order valence-electron chi connectivity index (χ0n) is 10.6. The van der Waals surface area contributed by atoms with Crippen molar-refractivity contribution in [3.05, 3.63) is 46.9 Å². The molecular weight excluding hydrogens is 238 g/mol. The molecule has 1 heterocycles. The van der Waals surface area contributed by atoms with Gasteiger partial charge in [-0.05, 0) is 54.6 Å². The van der Waals surface area contributed by atoms with Gasteiger partial charge in [-0.25, -0.2) is 0 Å². The average Bonchev–Trinajstić information content (AvgIpc) is 3.04. The summed E-state index contributed by atoms with van der Waals surface area (Å²) in [6, 6.07) is 8.67. The molecule has 0 fully saturated rings. The Morgan fingerprint density at radius 3 is 3.06 bits per heavy atom. The topological polar surface area (TPSA) is 12.0 Å². The van der Waals surface area contributed by atoms with E-state index in [0.29, 0.717) is 0 Å². The number of nitrogens with one attached hydrogen (secondary N) is 1. The molecule has 0 aliphatic heterocycles. The molecule has 1 aliphatic carbocycles. The van der Waals surface area contributed by atoms with Crippen LogP contribution in [0.5, 0.6) is 0 Å². The molecule has 0 spiro atoms. The summed E-state index contributed by atoms with van der Waals surface area (Å²) in [6.45, 7) is 2.10. The van der Waals surface area contributed by atoms with E-state index in [-0.39, 0.29) is 0 Å². The van der Waals surface area contributed by atoms with Crippen molar-refractivity contribution in [2.75, 3.05) is 6.54 Å². The molecule has 1 N–H and O–H groups in total. The van der Waals surface area contributed by atoms with E-state index < -0.39 is 0 Å². The largest absolute Gasteiger partial charge is 0.312 e. The fraction of sp³-hybridized carbons (Fsp3) is 0.375. The van der Waals surface area contributed by atoms with Gasteiger partial charge < -0.3 is 5.32 Å². The minimum absolute atomic E-state index is 0.997. The highest BCUT2D eigenvalue weighted by Crippen LogP contribution is 2.25. The summed E-state index contributed by atoms with van der Waals surface area (Å²) in [5.41, 5.74) is 3.09. The second-order valence-corrected chi connectivity index (χ2v) is 5.85. The van der Waals surface area contributed by atoms with E-state index in [1.807, 2.05) is 11.3 Å². The van der Waals surface area contributed by atoms with Crippen molar-refractivity contribution in [1.29, 1.82) is 0 Å². The van der Waals surface area contributed by atoms with Crippen LogP contribution in [0.1, 0.15) is 31.2 Å². The quantitative estimate of drug-likeness (QED) is 0.614. The molecule has 1 aliphatic rings. The van der Waals surface area contributed by atoms with E-state index in [1.54, 1.807) is 5.57 Å². The maximum Gasteiger partial charge on any atom is 0.0346 e. The van der Waals surface area contributed by atoms with Gasteiger partial charge >= 0.3 is 0 Å². The molecule has 0 radical (unpaired) electrons. The summed E-state index contributed by atoms with van der Waals surface area (Å²) >= 11 is 1.85. The predicted octanol–water partition coefficient (Wildman–Crippen LogP) is 4.49. The van der Waals surface area contributed by atoms with Crippen LogP contribution in [-0.2, 0) is 6.54 Å². The molecule has 2 aromatic rings. The zero-order valence-corrected chi connectivity index (χ0v) is 11.4. The van der Waals surface area contributed by atoms with Gasteiger partial charge in [0, 0.05) is 11.2 Å². The number of fused-ring (bicyclic) bond motifs is 1. The van der Waals surface area contributed by atoms with Crippen molar-refractivity contribution in [2.24, 2.45) is 0 Å². The number of rotatable bonds is 5. The standard InChI is InChI=1S/C16H19NS/c1-2-6-13(5-1)9-10-17-11-14-12-18-16-8-4-3-7-15(14)16/h3-5,7-8,12,17H,1-2,6,9-11H2. The van der Waals surface area contributed by atoms with Crippen molar-refractivity contribution in [3.63, 3.8) is 0 Å².